The number of ether oxygens (including phenoxy) is 3. The van der Waals surface area contributed by atoms with E-state index in [1.54, 1.807) is 24.7 Å². The number of rotatable bonds is 6. The van der Waals surface area contributed by atoms with Crippen LogP contribution in [0.1, 0.15) is 51.6 Å². The molecule has 1 aliphatic carbocycles. The lowest BCUT2D eigenvalue weighted by atomic mass is 10.1. The topological polar surface area (TPSA) is 150 Å². The second-order valence-electron chi connectivity index (χ2n) is 9.08. The van der Waals surface area contributed by atoms with Crippen LogP contribution < -0.4 is 5.32 Å². The smallest absolute Gasteiger partial charge is 0.264 e. The molecule has 13 heteroatoms. The highest BCUT2D eigenvalue weighted by molar-refractivity contribution is 7.85. The summed E-state index contributed by atoms with van der Waals surface area (Å²) in [6, 6.07) is 2.30. The number of hydrogen-bond acceptors (Lipinski definition) is 11. The number of anilines is 1. The molecule has 2 aliphatic heterocycles. The zero-order chi connectivity index (χ0) is 23.4. The van der Waals surface area contributed by atoms with Gasteiger partial charge in [-0.3, -0.25) is 4.18 Å². The van der Waals surface area contributed by atoms with Gasteiger partial charge in [0.2, 0.25) is 5.82 Å². The molecule has 0 spiro atoms. The fraction of sp³-hybridized carbons (Fsp3) is 0.700. The van der Waals surface area contributed by atoms with Crippen molar-refractivity contribution < 1.29 is 26.8 Å². The van der Waals surface area contributed by atoms with Crippen molar-refractivity contribution in [3.05, 3.63) is 12.0 Å². The molecule has 4 heterocycles. The average Bonchev–Trinajstić information content (AvgIpc) is 3.50. The summed E-state index contributed by atoms with van der Waals surface area (Å²) in [6.45, 7) is 3.33. The van der Waals surface area contributed by atoms with Crippen LogP contribution in [0.15, 0.2) is 6.20 Å². The normalized spacial score (nSPS) is 29.4. The molecule has 2 aromatic rings. The van der Waals surface area contributed by atoms with Crippen LogP contribution in [0, 0.1) is 11.3 Å². The van der Waals surface area contributed by atoms with E-state index in [9.17, 15) is 13.7 Å². The van der Waals surface area contributed by atoms with Crippen LogP contribution in [0.4, 0.5) is 5.82 Å². The van der Waals surface area contributed by atoms with Crippen molar-refractivity contribution in [1.82, 2.24) is 19.7 Å². The predicted octanol–water partition coefficient (Wildman–Crippen LogP) is 1.45. The Morgan fingerprint density at radius 2 is 2.00 bits per heavy atom. The minimum atomic E-state index is -3.66. The van der Waals surface area contributed by atoms with E-state index < -0.39 is 40.4 Å². The van der Waals surface area contributed by atoms with Gasteiger partial charge in [0.15, 0.2) is 17.7 Å². The first-order chi connectivity index (χ1) is 15.6. The molecule has 0 amide bonds. The van der Waals surface area contributed by atoms with Gasteiger partial charge < -0.3 is 19.5 Å². The molecule has 0 unspecified atom stereocenters. The molecule has 0 aromatic carbocycles. The molecule has 2 aromatic heterocycles. The zero-order valence-electron chi connectivity index (χ0n) is 18.6. The fourth-order valence-corrected chi connectivity index (χ4v) is 5.10. The fourth-order valence-electron chi connectivity index (χ4n) is 4.72. The Morgan fingerprint density at radius 3 is 2.70 bits per heavy atom. The molecule has 3 aliphatic rings. The number of nitriles is 1. The number of aromatic nitrogens is 4. The Balaban J connectivity index is 1.50. The Morgan fingerprint density at radius 1 is 1.27 bits per heavy atom. The second kappa shape index (κ2) is 8.14. The third-order valence-electron chi connectivity index (χ3n) is 6.06. The van der Waals surface area contributed by atoms with Crippen LogP contribution in [0.3, 0.4) is 0 Å². The molecule has 1 N–H and O–H groups in total. The van der Waals surface area contributed by atoms with Crippen molar-refractivity contribution in [2.45, 2.75) is 75.9 Å². The van der Waals surface area contributed by atoms with Crippen LogP contribution in [-0.4, -0.2) is 71.2 Å². The Bertz CT molecular complexity index is 1200. The first-order valence-electron chi connectivity index (χ1n) is 10.9. The first kappa shape index (κ1) is 22.4. The highest BCUT2D eigenvalue weighted by Gasteiger charge is 2.56. The lowest BCUT2D eigenvalue weighted by Crippen LogP contribution is -2.33. The van der Waals surface area contributed by atoms with Crippen molar-refractivity contribution in [3.63, 3.8) is 0 Å². The second-order valence-corrected chi connectivity index (χ2v) is 10.7. The lowest BCUT2D eigenvalue weighted by Gasteiger charge is -2.24. The van der Waals surface area contributed by atoms with Gasteiger partial charge in [-0.2, -0.15) is 23.8 Å². The van der Waals surface area contributed by atoms with E-state index in [0.29, 0.717) is 16.9 Å². The Hall–Kier alpha value is -2.37. The number of nitrogens with zero attached hydrogens (tertiary/aromatic N) is 5. The first-order valence-corrected chi connectivity index (χ1v) is 12.7. The van der Waals surface area contributed by atoms with E-state index in [4.69, 9.17) is 18.4 Å². The summed E-state index contributed by atoms with van der Waals surface area (Å²) in [5.41, 5.74) is 0.420. The van der Waals surface area contributed by atoms with Gasteiger partial charge in [-0.05, 0) is 26.7 Å². The maximum atomic E-state index is 11.5. The number of fused-ring (bicyclic) bond motifs is 2. The van der Waals surface area contributed by atoms with Gasteiger partial charge in [0.25, 0.3) is 10.1 Å². The largest absolute Gasteiger partial charge is 0.367 e. The standard InChI is InChI=1S/C20H26N6O6S/c1-20(2)31-15-13(10-29-33(3,27)28)30-19(16(15)32-20)26-18-12(9-22-26)17(24-14(8-21)25-18)23-11-6-4-5-7-11/h9,11,13,15-16,19H,4-7,10H2,1-3H3,(H,23,24,25)/t13-,15-,16-,19-/m1/s1. The van der Waals surface area contributed by atoms with Crippen molar-refractivity contribution >= 4 is 27.0 Å². The van der Waals surface area contributed by atoms with Crippen molar-refractivity contribution in [1.29, 1.82) is 5.26 Å². The molecule has 12 nitrogen and oxygen atoms in total. The molecule has 1 saturated carbocycles. The molecule has 3 fully saturated rings. The van der Waals surface area contributed by atoms with Crippen LogP contribution in [-0.2, 0) is 28.5 Å². The van der Waals surface area contributed by atoms with Gasteiger partial charge in [0.05, 0.1) is 24.4 Å². The predicted molar refractivity (Wildman–Crippen MR) is 114 cm³/mol. The van der Waals surface area contributed by atoms with Crippen molar-refractivity contribution in [3.8, 4) is 6.07 Å². The highest BCUT2D eigenvalue weighted by Crippen LogP contribution is 2.44. The summed E-state index contributed by atoms with van der Waals surface area (Å²) in [4.78, 5) is 8.74. The van der Waals surface area contributed by atoms with Crippen LogP contribution >= 0.6 is 0 Å². The molecule has 5 rings (SSSR count). The number of nitrogens with one attached hydrogen (secondary N) is 1. The van der Waals surface area contributed by atoms with Crippen LogP contribution in [0.25, 0.3) is 11.0 Å². The summed E-state index contributed by atoms with van der Waals surface area (Å²) in [7, 11) is -3.66. The van der Waals surface area contributed by atoms with E-state index in [2.05, 4.69) is 20.4 Å². The molecular formula is C20H26N6O6S. The SMILES string of the molecule is CC1(C)O[C@@H]2[C@H](O1)[C@@H](COS(C)(=O)=O)O[C@H]2n1ncc2c(NC3CCCC3)nc(C#N)nc21. The van der Waals surface area contributed by atoms with E-state index in [1.807, 2.05) is 6.07 Å². The molecule has 0 radical (unpaired) electrons. The van der Waals surface area contributed by atoms with Crippen LogP contribution in [0.2, 0.25) is 0 Å². The van der Waals surface area contributed by atoms with E-state index in [0.717, 1.165) is 31.9 Å². The molecule has 0 bridgehead atoms. The van der Waals surface area contributed by atoms with Gasteiger partial charge in [0.1, 0.15) is 30.2 Å². The minimum Gasteiger partial charge on any atom is -0.367 e. The van der Waals surface area contributed by atoms with Gasteiger partial charge in [-0.1, -0.05) is 12.8 Å². The van der Waals surface area contributed by atoms with Gasteiger partial charge in [-0.15, -0.1) is 0 Å². The summed E-state index contributed by atoms with van der Waals surface area (Å²) < 4.78 is 47.7. The third-order valence-corrected chi connectivity index (χ3v) is 6.63. The van der Waals surface area contributed by atoms with Crippen molar-refractivity contribution in [2.75, 3.05) is 18.2 Å². The Kier molecular flexibility index (Phi) is 5.53. The van der Waals surface area contributed by atoms with E-state index >= 15 is 0 Å². The maximum absolute atomic E-state index is 11.5. The van der Waals surface area contributed by atoms with E-state index in [1.165, 1.54) is 0 Å². The summed E-state index contributed by atoms with van der Waals surface area (Å²) in [5.74, 6) is -0.323. The molecule has 33 heavy (non-hydrogen) atoms. The monoisotopic (exact) mass is 478 g/mol. The summed E-state index contributed by atoms with van der Waals surface area (Å²) in [5, 5.41) is 18.1. The third kappa shape index (κ3) is 4.41. The van der Waals surface area contributed by atoms with Gasteiger partial charge in [0, 0.05) is 6.04 Å². The summed E-state index contributed by atoms with van der Waals surface area (Å²) in [6.07, 6.45) is 4.38. The quantitative estimate of drug-likeness (QED) is 0.601. The van der Waals surface area contributed by atoms with Gasteiger partial charge in [-0.25, -0.2) is 9.67 Å². The van der Waals surface area contributed by atoms with Gasteiger partial charge >= 0.3 is 0 Å². The molecule has 4 atom stereocenters. The van der Waals surface area contributed by atoms with E-state index in [-0.39, 0.29) is 18.5 Å². The molecular weight excluding hydrogens is 452 g/mol. The number of hydrogen-bond donors (Lipinski definition) is 1. The highest BCUT2D eigenvalue weighted by atomic mass is 32.2. The van der Waals surface area contributed by atoms with Crippen LogP contribution in [0.5, 0.6) is 0 Å². The summed E-state index contributed by atoms with van der Waals surface area (Å²) >= 11 is 0. The maximum Gasteiger partial charge on any atom is 0.264 e. The average molecular weight is 479 g/mol. The lowest BCUT2D eigenvalue weighted by molar-refractivity contribution is -0.200. The Labute approximate surface area is 191 Å². The molecule has 178 valence electrons. The zero-order valence-corrected chi connectivity index (χ0v) is 19.4. The van der Waals surface area contributed by atoms with Crippen molar-refractivity contribution in [2.24, 2.45) is 0 Å². The molecule has 2 saturated heterocycles. The minimum absolute atomic E-state index is 0.0140.